The predicted octanol–water partition coefficient (Wildman–Crippen LogP) is 4.45. The van der Waals surface area contributed by atoms with E-state index in [1.165, 1.54) is 0 Å². The summed E-state index contributed by atoms with van der Waals surface area (Å²) in [6.07, 6.45) is 1.52. The molecule has 0 spiro atoms. The van der Waals surface area contributed by atoms with Gasteiger partial charge in [-0.05, 0) is 61.6 Å². The zero-order valence-corrected chi connectivity index (χ0v) is 18.9. The summed E-state index contributed by atoms with van der Waals surface area (Å²) >= 11 is 0. The van der Waals surface area contributed by atoms with Gasteiger partial charge < -0.3 is 19.7 Å². The van der Waals surface area contributed by atoms with E-state index >= 15 is 0 Å². The van der Waals surface area contributed by atoms with Crippen LogP contribution in [-0.2, 0) is 19.4 Å². The molecule has 3 aromatic rings. The average Bonchev–Trinajstić information content (AvgIpc) is 2.83. The van der Waals surface area contributed by atoms with Gasteiger partial charge in [-0.3, -0.25) is 5.32 Å². The first-order chi connectivity index (χ1) is 16.1. The average molecular weight is 450 g/mol. The van der Waals surface area contributed by atoms with Crippen molar-refractivity contribution < 1.29 is 24.5 Å². The number of carboxylic acid groups (broad SMARTS) is 1. The van der Waals surface area contributed by atoms with Gasteiger partial charge in [0.25, 0.3) is 0 Å². The molecule has 3 aromatic carbocycles. The molecule has 0 aromatic heterocycles. The fourth-order valence-corrected chi connectivity index (χ4v) is 3.55. The number of carbonyl (C=O) groups is 1. The Labute approximate surface area is 194 Å². The smallest absolute Gasteiger partial charge is 0.336 e. The van der Waals surface area contributed by atoms with Crippen molar-refractivity contribution in [2.24, 2.45) is 0 Å². The van der Waals surface area contributed by atoms with Crippen molar-refractivity contribution in [1.82, 2.24) is 5.32 Å². The molecule has 0 fully saturated rings. The van der Waals surface area contributed by atoms with Crippen molar-refractivity contribution >= 4 is 5.97 Å². The highest BCUT2D eigenvalue weighted by molar-refractivity contribution is 5.89. The molecule has 33 heavy (non-hydrogen) atoms. The lowest BCUT2D eigenvalue weighted by Gasteiger charge is -2.14. The molecule has 0 aliphatic heterocycles. The summed E-state index contributed by atoms with van der Waals surface area (Å²) in [5.41, 5.74) is 3.10. The quantitative estimate of drug-likeness (QED) is 0.334. The van der Waals surface area contributed by atoms with Crippen LogP contribution in [0.15, 0.2) is 72.8 Å². The third kappa shape index (κ3) is 7.63. The van der Waals surface area contributed by atoms with Crippen molar-refractivity contribution in [3.63, 3.8) is 0 Å². The first kappa shape index (κ1) is 24.3. The van der Waals surface area contributed by atoms with Gasteiger partial charge in [0.15, 0.2) is 0 Å². The lowest BCUT2D eigenvalue weighted by atomic mass is 10.1. The lowest BCUT2D eigenvalue weighted by molar-refractivity contribution is 0.0694. The zero-order chi connectivity index (χ0) is 23.5. The number of aryl methyl sites for hydroxylation is 1. The van der Waals surface area contributed by atoms with E-state index in [0.717, 1.165) is 29.7 Å². The molecule has 0 bridgehead atoms. The Morgan fingerprint density at radius 1 is 0.909 bits per heavy atom. The SMILES string of the molecule is CCOc1ccccc1CCNC(O)CCc1ccc(OCc2ccccc2C(=O)O)cc1. The Hall–Kier alpha value is -3.35. The molecule has 0 saturated heterocycles. The fourth-order valence-electron chi connectivity index (χ4n) is 3.55. The summed E-state index contributed by atoms with van der Waals surface area (Å²) in [7, 11) is 0. The summed E-state index contributed by atoms with van der Waals surface area (Å²) in [6, 6.07) is 22.4. The number of hydrogen-bond acceptors (Lipinski definition) is 5. The topological polar surface area (TPSA) is 88.0 Å². The van der Waals surface area contributed by atoms with Gasteiger partial charge in [-0.2, -0.15) is 0 Å². The van der Waals surface area contributed by atoms with Crippen molar-refractivity contribution in [3.8, 4) is 11.5 Å². The Bertz CT molecular complexity index is 1020. The highest BCUT2D eigenvalue weighted by Crippen LogP contribution is 2.19. The van der Waals surface area contributed by atoms with Crippen LogP contribution < -0.4 is 14.8 Å². The Kier molecular flexibility index (Phi) is 9.30. The maximum atomic E-state index is 11.3. The standard InChI is InChI=1S/C27H31NO5/c1-2-32-25-10-6-4-7-21(25)17-18-28-26(29)16-13-20-11-14-23(15-12-20)33-19-22-8-3-5-9-24(22)27(30)31/h3-12,14-15,26,28-29H,2,13,16-19H2,1H3,(H,30,31). The summed E-state index contributed by atoms with van der Waals surface area (Å²) in [5.74, 6) is 0.603. The van der Waals surface area contributed by atoms with E-state index in [1.54, 1.807) is 24.3 Å². The van der Waals surface area contributed by atoms with Crippen molar-refractivity contribution in [1.29, 1.82) is 0 Å². The minimum atomic E-state index is -0.963. The highest BCUT2D eigenvalue weighted by Gasteiger charge is 2.10. The molecule has 6 nitrogen and oxygen atoms in total. The number of aliphatic hydroxyl groups excluding tert-OH is 1. The fraction of sp³-hybridized carbons (Fsp3) is 0.296. The van der Waals surface area contributed by atoms with E-state index in [1.807, 2.05) is 55.5 Å². The minimum Gasteiger partial charge on any atom is -0.494 e. The van der Waals surface area contributed by atoms with E-state index < -0.39 is 12.2 Å². The van der Waals surface area contributed by atoms with Crippen LogP contribution in [0.1, 0.15) is 40.4 Å². The van der Waals surface area contributed by atoms with Crippen LogP contribution in [0.25, 0.3) is 0 Å². The molecule has 0 aliphatic rings. The molecule has 0 radical (unpaired) electrons. The number of aliphatic hydroxyl groups is 1. The summed E-state index contributed by atoms with van der Waals surface area (Å²) in [4.78, 5) is 11.3. The number of rotatable bonds is 13. The van der Waals surface area contributed by atoms with E-state index in [9.17, 15) is 15.0 Å². The molecular formula is C27H31NO5. The third-order valence-corrected chi connectivity index (χ3v) is 5.32. The Morgan fingerprint density at radius 3 is 2.33 bits per heavy atom. The third-order valence-electron chi connectivity index (χ3n) is 5.32. The van der Waals surface area contributed by atoms with E-state index in [4.69, 9.17) is 9.47 Å². The van der Waals surface area contributed by atoms with Crippen molar-refractivity contribution in [2.75, 3.05) is 13.2 Å². The molecule has 6 heteroatoms. The van der Waals surface area contributed by atoms with Crippen LogP contribution in [0.5, 0.6) is 11.5 Å². The second-order valence-electron chi connectivity index (χ2n) is 7.69. The normalized spacial score (nSPS) is 11.7. The first-order valence-corrected chi connectivity index (χ1v) is 11.2. The number of carboxylic acids is 1. The molecular weight excluding hydrogens is 418 g/mol. The Morgan fingerprint density at radius 2 is 1.61 bits per heavy atom. The molecule has 0 amide bonds. The number of hydrogen-bond donors (Lipinski definition) is 3. The van der Waals surface area contributed by atoms with Gasteiger partial charge in [0, 0.05) is 12.1 Å². The van der Waals surface area contributed by atoms with Gasteiger partial charge in [0.1, 0.15) is 24.3 Å². The van der Waals surface area contributed by atoms with Gasteiger partial charge in [-0.1, -0.05) is 48.5 Å². The van der Waals surface area contributed by atoms with Crippen LogP contribution in [0.3, 0.4) is 0 Å². The number of para-hydroxylation sites is 1. The molecule has 174 valence electrons. The summed E-state index contributed by atoms with van der Waals surface area (Å²) in [6.45, 7) is 3.45. The second kappa shape index (κ2) is 12.6. The molecule has 3 rings (SSSR count). The van der Waals surface area contributed by atoms with Gasteiger partial charge in [-0.25, -0.2) is 4.79 Å². The lowest BCUT2D eigenvalue weighted by Crippen LogP contribution is -2.31. The second-order valence-corrected chi connectivity index (χ2v) is 7.69. The predicted molar refractivity (Wildman–Crippen MR) is 128 cm³/mol. The summed E-state index contributed by atoms with van der Waals surface area (Å²) in [5, 5.41) is 22.7. The molecule has 3 N–H and O–H groups in total. The molecule has 0 heterocycles. The van der Waals surface area contributed by atoms with Crippen LogP contribution in [0.2, 0.25) is 0 Å². The number of benzene rings is 3. The zero-order valence-electron chi connectivity index (χ0n) is 18.9. The first-order valence-electron chi connectivity index (χ1n) is 11.2. The minimum absolute atomic E-state index is 0.191. The van der Waals surface area contributed by atoms with Crippen LogP contribution in [-0.4, -0.2) is 35.6 Å². The van der Waals surface area contributed by atoms with Crippen molar-refractivity contribution in [2.45, 2.75) is 39.0 Å². The monoisotopic (exact) mass is 449 g/mol. The molecule has 1 unspecified atom stereocenters. The van der Waals surface area contributed by atoms with Gasteiger partial charge >= 0.3 is 5.97 Å². The van der Waals surface area contributed by atoms with Crippen LogP contribution in [0.4, 0.5) is 0 Å². The Balaban J connectivity index is 1.41. The van der Waals surface area contributed by atoms with E-state index in [2.05, 4.69) is 5.32 Å². The molecule has 1 atom stereocenters. The number of nitrogens with one attached hydrogen (secondary N) is 1. The maximum Gasteiger partial charge on any atom is 0.336 e. The molecule has 0 saturated carbocycles. The molecule has 0 aliphatic carbocycles. The van der Waals surface area contributed by atoms with Crippen LogP contribution in [0, 0.1) is 0 Å². The van der Waals surface area contributed by atoms with Crippen LogP contribution >= 0.6 is 0 Å². The number of ether oxygens (including phenoxy) is 2. The van der Waals surface area contributed by atoms with Gasteiger partial charge in [0.05, 0.1) is 12.2 Å². The van der Waals surface area contributed by atoms with Gasteiger partial charge in [0.2, 0.25) is 0 Å². The van der Waals surface area contributed by atoms with E-state index in [-0.39, 0.29) is 12.2 Å². The van der Waals surface area contributed by atoms with Crippen molar-refractivity contribution in [3.05, 3.63) is 95.1 Å². The number of aromatic carboxylic acids is 1. The summed E-state index contributed by atoms with van der Waals surface area (Å²) < 4.78 is 11.4. The maximum absolute atomic E-state index is 11.3. The largest absolute Gasteiger partial charge is 0.494 e. The van der Waals surface area contributed by atoms with E-state index in [0.29, 0.717) is 30.9 Å². The van der Waals surface area contributed by atoms with Gasteiger partial charge in [-0.15, -0.1) is 0 Å². The highest BCUT2D eigenvalue weighted by atomic mass is 16.5.